The molecule has 0 spiro atoms. The minimum absolute atomic E-state index is 0.0955. The normalized spacial score (nSPS) is 18.9. The Morgan fingerprint density at radius 1 is 1.43 bits per heavy atom. The molecule has 3 N–H and O–H groups in total. The Hall–Kier alpha value is -2.19. The highest BCUT2D eigenvalue weighted by Crippen LogP contribution is 2.21. The molecule has 0 aromatic carbocycles. The molecule has 1 aliphatic rings. The summed E-state index contributed by atoms with van der Waals surface area (Å²) in [6.07, 6.45) is 2.41. The molecule has 1 atom stereocenters. The van der Waals surface area contributed by atoms with Gasteiger partial charge in [0.15, 0.2) is 0 Å². The van der Waals surface area contributed by atoms with Crippen LogP contribution in [0.4, 0.5) is 0 Å². The highest BCUT2D eigenvalue weighted by Gasteiger charge is 2.32. The van der Waals surface area contributed by atoms with Crippen LogP contribution in [-0.4, -0.2) is 53.6 Å². The molecule has 1 fully saturated rings. The first-order chi connectivity index (χ1) is 9.99. The number of ether oxygens (including phenoxy) is 1. The number of carbonyl (C=O) groups is 3. The second-order valence-corrected chi connectivity index (χ2v) is 5.48. The van der Waals surface area contributed by atoms with Crippen molar-refractivity contribution in [1.29, 1.82) is 0 Å². The molecule has 7 nitrogen and oxygen atoms in total. The summed E-state index contributed by atoms with van der Waals surface area (Å²) in [5, 5.41) is 8.57. The van der Waals surface area contributed by atoms with Crippen molar-refractivity contribution >= 4 is 35.2 Å². The van der Waals surface area contributed by atoms with E-state index in [-0.39, 0.29) is 12.5 Å². The van der Waals surface area contributed by atoms with Crippen molar-refractivity contribution in [2.45, 2.75) is 6.04 Å². The third-order valence-corrected chi connectivity index (χ3v) is 3.98. The van der Waals surface area contributed by atoms with E-state index in [1.165, 1.54) is 11.0 Å². The van der Waals surface area contributed by atoms with Gasteiger partial charge in [0.05, 0.1) is 18.1 Å². The lowest BCUT2D eigenvalue weighted by Crippen LogP contribution is -2.54. The van der Waals surface area contributed by atoms with Crippen molar-refractivity contribution in [2.75, 3.05) is 19.8 Å². The zero-order valence-corrected chi connectivity index (χ0v) is 11.8. The Morgan fingerprint density at radius 3 is 2.86 bits per heavy atom. The second kappa shape index (κ2) is 6.51. The molecule has 112 valence electrons. The minimum Gasteiger partial charge on any atom is -0.478 e. The van der Waals surface area contributed by atoms with E-state index >= 15 is 0 Å². The van der Waals surface area contributed by atoms with Crippen LogP contribution in [0, 0.1) is 0 Å². The Kier molecular flexibility index (Phi) is 4.71. The highest BCUT2D eigenvalue weighted by atomic mass is 32.1. The lowest BCUT2D eigenvalue weighted by molar-refractivity contribution is -0.131. The maximum atomic E-state index is 12.4. The van der Waals surface area contributed by atoms with Gasteiger partial charge in [0.25, 0.3) is 5.91 Å². The van der Waals surface area contributed by atoms with Crippen molar-refractivity contribution in [3.05, 3.63) is 28.0 Å². The predicted molar refractivity (Wildman–Crippen MR) is 75.8 cm³/mol. The zero-order valence-electron chi connectivity index (χ0n) is 11.0. The molecule has 1 saturated heterocycles. The molecule has 8 heteroatoms. The highest BCUT2D eigenvalue weighted by molar-refractivity contribution is 7.14. The largest absolute Gasteiger partial charge is 0.478 e. The van der Waals surface area contributed by atoms with Gasteiger partial charge in [0.1, 0.15) is 6.04 Å². The number of nitrogens with two attached hydrogens (primary N) is 1. The third kappa shape index (κ3) is 3.67. The number of thiophene rings is 1. The van der Waals surface area contributed by atoms with Gasteiger partial charge in [0, 0.05) is 17.5 Å². The van der Waals surface area contributed by atoms with E-state index in [1.807, 2.05) is 0 Å². The quantitative estimate of drug-likeness (QED) is 0.770. The smallest absolute Gasteiger partial charge is 0.328 e. The van der Waals surface area contributed by atoms with Gasteiger partial charge >= 0.3 is 5.97 Å². The monoisotopic (exact) mass is 310 g/mol. The number of aliphatic carboxylic acids is 1. The van der Waals surface area contributed by atoms with Crippen LogP contribution < -0.4 is 5.73 Å². The summed E-state index contributed by atoms with van der Waals surface area (Å²) in [5.74, 6) is -1.97. The summed E-state index contributed by atoms with van der Waals surface area (Å²) in [5.41, 5.74) is 5.27. The first kappa shape index (κ1) is 15.2. The maximum Gasteiger partial charge on any atom is 0.328 e. The average Bonchev–Trinajstić information content (AvgIpc) is 2.93. The van der Waals surface area contributed by atoms with E-state index in [0.717, 1.165) is 17.4 Å². The van der Waals surface area contributed by atoms with E-state index in [4.69, 9.17) is 15.6 Å². The second-order valence-electron chi connectivity index (χ2n) is 4.37. The third-order valence-electron chi connectivity index (χ3n) is 2.95. The van der Waals surface area contributed by atoms with E-state index in [0.29, 0.717) is 22.9 Å². The van der Waals surface area contributed by atoms with Gasteiger partial charge in [-0.05, 0) is 18.2 Å². The summed E-state index contributed by atoms with van der Waals surface area (Å²) in [4.78, 5) is 36.7. The summed E-state index contributed by atoms with van der Waals surface area (Å²) in [6.45, 7) is 0.746. The number of rotatable bonds is 4. The SMILES string of the molecule is NC(=O)C1COCCN1C(=O)c1ccc(/C=C/C(=O)O)s1. The molecule has 21 heavy (non-hydrogen) atoms. The van der Waals surface area contributed by atoms with Crippen molar-refractivity contribution < 1.29 is 24.2 Å². The molecule has 1 aromatic rings. The number of morpholine rings is 1. The van der Waals surface area contributed by atoms with Gasteiger partial charge in [-0.1, -0.05) is 0 Å². The number of amides is 2. The Labute approximate surface area is 124 Å². The topological polar surface area (TPSA) is 110 Å². The minimum atomic E-state index is -1.06. The van der Waals surface area contributed by atoms with E-state index in [1.54, 1.807) is 12.1 Å². The fraction of sp³-hybridized carbons (Fsp3) is 0.308. The van der Waals surface area contributed by atoms with Crippen LogP contribution in [0.1, 0.15) is 14.5 Å². The van der Waals surface area contributed by atoms with Crippen molar-refractivity contribution in [3.8, 4) is 0 Å². The van der Waals surface area contributed by atoms with Crippen molar-refractivity contribution in [3.63, 3.8) is 0 Å². The number of primary amides is 1. The standard InChI is InChI=1S/C13H14N2O5S/c14-12(18)9-7-20-6-5-15(9)13(19)10-3-1-8(21-10)2-4-11(16)17/h1-4,9H,5-7H2,(H2,14,18)(H,16,17)/b4-2+. The first-order valence-electron chi connectivity index (χ1n) is 6.18. The molecule has 0 bridgehead atoms. The molecule has 2 amide bonds. The van der Waals surface area contributed by atoms with Crippen LogP contribution in [0.3, 0.4) is 0 Å². The number of hydrogen-bond donors (Lipinski definition) is 2. The molecule has 0 radical (unpaired) electrons. The molecule has 2 rings (SSSR count). The van der Waals surface area contributed by atoms with E-state index in [2.05, 4.69) is 0 Å². The molecule has 1 unspecified atom stereocenters. The number of nitrogens with zero attached hydrogens (tertiary/aromatic N) is 1. The number of carboxylic acids is 1. The molecule has 0 aliphatic carbocycles. The summed E-state index contributed by atoms with van der Waals surface area (Å²) in [6, 6.07) is 2.48. The van der Waals surface area contributed by atoms with E-state index in [9.17, 15) is 14.4 Å². The lowest BCUT2D eigenvalue weighted by Gasteiger charge is -2.33. The van der Waals surface area contributed by atoms with E-state index < -0.39 is 17.9 Å². The summed E-state index contributed by atoms with van der Waals surface area (Å²) >= 11 is 1.16. The number of hydrogen-bond acceptors (Lipinski definition) is 5. The molecule has 0 saturated carbocycles. The molecule has 1 aliphatic heterocycles. The molecule has 1 aromatic heterocycles. The maximum absolute atomic E-state index is 12.4. The number of carboxylic acid groups (broad SMARTS) is 1. The predicted octanol–water partition coefficient (Wildman–Crippen LogP) is 0.172. The van der Waals surface area contributed by atoms with Gasteiger partial charge in [-0.3, -0.25) is 9.59 Å². The fourth-order valence-electron chi connectivity index (χ4n) is 1.93. The Balaban J connectivity index is 2.15. The van der Waals surface area contributed by atoms with Crippen LogP contribution in [0.25, 0.3) is 6.08 Å². The molecular weight excluding hydrogens is 296 g/mol. The van der Waals surface area contributed by atoms with Crippen LogP contribution in [0.2, 0.25) is 0 Å². The van der Waals surface area contributed by atoms with Gasteiger partial charge in [0.2, 0.25) is 5.91 Å². The van der Waals surface area contributed by atoms with Crippen LogP contribution in [-0.2, 0) is 14.3 Å². The van der Waals surface area contributed by atoms with Crippen LogP contribution in [0.5, 0.6) is 0 Å². The van der Waals surface area contributed by atoms with Gasteiger partial charge in [-0.15, -0.1) is 11.3 Å². The van der Waals surface area contributed by atoms with Gasteiger partial charge in [-0.25, -0.2) is 4.79 Å². The van der Waals surface area contributed by atoms with Crippen molar-refractivity contribution in [1.82, 2.24) is 4.90 Å². The fourth-order valence-corrected chi connectivity index (χ4v) is 2.80. The van der Waals surface area contributed by atoms with Crippen LogP contribution >= 0.6 is 11.3 Å². The first-order valence-corrected chi connectivity index (χ1v) is 6.99. The average molecular weight is 310 g/mol. The van der Waals surface area contributed by atoms with Gasteiger partial charge < -0.3 is 20.5 Å². The van der Waals surface area contributed by atoms with Crippen LogP contribution in [0.15, 0.2) is 18.2 Å². The zero-order chi connectivity index (χ0) is 15.4. The summed E-state index contributed by atoms with van der Waals surface area (Å²) in [7, 11) is 0. The lowest BCUT2D eigenvalue weighted by atomic mass is 10.2. The van der Waals surface area contributed by atoms with Crippen molar-refractivity contribution in [2.24, 2.45) is 5.73 Å². The molecular formula is C13H14N2O5S. The Morgan fingerprint density at radius 2 is 2.19 bits per heavy atom. The Bertz CT molecular complexity index is 595. The summed E-state index contributed by atoms with van der Waals surface area (Å²) < 4.78 is 5.16. The van der Waals surface area contributed by atoms with Gasteiger partial charge in [-0.2, -0.15) is 0 Å². The number of carbonyl (C=O) groups excluding carboxylic acids is 2. The molecule has 2 heterocycles.